The van der Waals surface area contributed by atoms with Crippen molar-refractivity contribution in [2.45, 2.75) is 25.5 Å². The summed E-state index contributed by atoms with van der Waals surface area (Å²) in [5.74, 6) is -0.693. The number of hydrogen-bond acceptors (Lipinski definition) is 4. The maximum absolute atomic E-state index is 11.7. The fourth-order valence-corrected chi connectivity index (χ4v) is 2.24. The molecule has 2 heterocycles. The van der Waals surface area contributed by atoms with Crippen molar-refractivity contribution in [2.75, 3.05) is 13.2 Å². The zero-order chi connectivity index (χ0) is 13.8. The van der Waals surface area contributed by atoms with Crippen molar-refractivity contribution in [3.8, 4) is 0 Å². The summed E-state index contributed by atoms with van der Waals surface area (Å²) < 4.78 is 6.88. The molecule has 0 unspecified atom stereocenters. The predicted molar refractivity (Wildman–Crippen MR) is 75.1 cm³/mol. The summed E-state index contributed by atoms with van der Waals surface area (Å²) in [6, 6.07) is 1.55. The number of carbonyl (C=O) groups is 1. The number of rotatable bonds is 5. The van der Waals surface area contributed by atoms with Crippen LogP contribution in [0.2, 0.25) is 0 Å². The molecule has 1 atom stereocenters. The Labute approximate surface area is 114 Å². The van der Waals surface area contributed by atoms with E-state index >= 15 is 0 Å². The van der Waals surface area contributed by atoms with Crippen LogP contribution in [0.4, 0.5) is 0 Å². The maximum Gasteiger partial charge on any atom is 0.263 e. The van der Waals surface area contributed by atoms with Gasteiger partial charge in [0.1, 0.15) is 5.56 Å². The zero-order valence-electron chi connectivity index (χ0n) is 11.0. The molecule has 1 aromatic heterocycles. The Balaban J connectivity index is 0.00000200. The molecule has 0 aliphatic carbocycles. The molecule has 0 aromatic carbocycles. The first-order valence-electron chi connectivity index (χ1n) is 6.39. The third-order valence-corrected chi connectivity index (χ3v) is 3.23. The van der Waals surface area contributed by atoms with Gasteiger partial charge in [0.2, 0.25) is 0 Å². The fourth-order valence-electron chi connectivity index (χ4n) is 2.24. The first-order valence-corrected chi connectivity index (χ1v) is 6.39. The Hall–Kier alpha value is -1.66. The van der Waals surface area contributed by atoms with Gasteiger partial charge in [0.25, 0.3) is 11.5 Å². The van der Waals surface area contributed by atoms with Crippen LogP contribution in [0.15, 0.2) is 17.1 Å². The number of hydrogen-bond donors (Lipinski definition) is 2. The van der Waals surface area contributed by atoms with E-state index in [1.165, 1.54) is 4.57 Å². The number of amides is 1. The molecular weight excluding hydrogens is 246 g/mol. The zero-order valence-corrected chi connectivity index (χ0v) is 11.0. The van der Waals surface area contributed by atoms with Crippen LogP contribution >= 0.6 is 0 Å². The molecule has 19 heavy (non-hydrogen) atoms. The number of pyridine rings is 1. The molecule has 6 nitrogen and oxygen atoms in total. The van der Waals surface area contributed by atoms with E-state index in [4.69, 9.17) is 10.5 Å². The molecule has 1 fully saturated rings. The number of ether oxygens (including phenoxy) is 1. The molecule has 0 spiro atoms. The lowest BCUT2D eigenvalue weighted by molar-refractivity contribution is 0.0998. The van der Waals surface area contributed by atoms with Gasteiger partial charge < -0.3 is 20.4 Å². The van der Waals surface area contributed by atoms with Crippen molar-refractivity contribution in [3.05, 3.63) is 33.7 Å². The summed E-state index contributed by atoms with van der Waals surface area (Å²) in [4.78, 5) is 22.8. The van der Waals surface area contributed by atoms with Gasteiger partial charge >= 0.3 is 0 Å². The van der Waals surface area contributed by atoms with Crippen molar-refractivity contribution < 1.29 is 12.4 Å². The van der Waals surface area contributed by atoms with Crippen molar-refractivity contribution >= 4 is 5.91 Å². The minimum Gasteiger partial charge on any atom is -0.377 e. The van der Waals surface area contributed by atoms with Gasteiger partial charge in [-0.05, 0) is 24.5 Å². The monoisotopic (exact) mass is 269 g/mol. The smallest absolute Gasteiger partial charge is 0.263 e. The second-order valence-electron chi connectivity index (χ2n) is 4.81. The number of aromatic nitrogens is 1. The summed E-state index contributed by atoms with van der Waals surface area (Å²) in [5.41, 5.74) is 5.70. The second kappa shape index (κ2) is 5.99. The predicted octanol–water partition coefficient (Wildman–Crippen LogP) is 0.245. The lowest BCUT2D eigenvalue weighted by Gasteiger charge is -2.11. The average molecular weight is 269 g/mol. The number of primary amides is 1. The standard InChI is InChI=1S/C13H19N3O3.2H2/c1-16-8-9(5-11(12(14)17)13(16)18)6-15-7-10-3-2-4-19-10;;/h5,8,10,15H,2-4,6-7H2,1H3,(H2,14,17);2*1H/t10-;;/m0../s1. The van der Waals surface area contributed by atoms with E-state index in [1.54, 1.807) is 19.3 Å². The minimum atomic E-state index is -0.693. The highest BCUT2D eigenvalue weighted by atomic mass is 16.5. The number of aryl methyl sites for hydroxylation is 1. The minimum absolute atomic E-state index is 0. The summed E-state index contributed by atoms with van der Waals surface area (Å²) in [7, 11) is 1.61. The number of nitrogens with two attached hydrogens (primary N) is 1. The molecular formula is C13H23N3O3. The van der Waals surface area contributed by atoms with E-state index < -0.39 is 5.91 Å². The second-order valence-corrected chi connectivity index (χ2v) is 4.81. The van der Waals surface area contributed by atoms with Gasteiger partial charge in [-0.15, -0.1) is 0 Å². The van der Waals surface area contributed by atoms with E-state index in [0.29, 0.717) is 6.54 Å². The van der Waals surface area contributed by atoms with E-state index in [0.717, 1.165) is 31.6 Å². The third kappa shape index (κ3) is 3.42. The van der Waals surface area contributed by atoms with Crippen molar-refractivity contribution in [1.82, 2.24) is 9.88 Å². The topological polar surface area (TPSA) is 86.3 Å². The Morgan fingerprint density at radius 3 is 3.11 bits per heavy atom. The highest BCUT2D eigenvalue weighted by molar-refractivity contribution is 5.92. The third-order valence-electron chi connectivity index (χ3n) is 3.23. The first kappa shape index (κ1) is 13.8. The van der Waals surface area contributed by atoms with Gasteiger partial charge in [0.15, 0.2) is 0 Å². The molecule has 1 aliphatic heterocycles. The highest BCUT2D eigenvalue weighted by Crippen LogP contribution is 2.10. The Morgan fingerprint density at radius 2 is 2.47 bits per heavy atom. The van der Waals surface area contributed by atoms with Crippen LogP contribution in [0.25, 0.3) is 0 Å². The van der Waals surface area contributed by atoms with Crippen LogP contribution in [0, 0.1) is 0 Å². The molecule has 1 saturated heterocycles. The van der Waals surface area contributed by atoms with Crippen LogP contribution in [-0.4, -0.2) is 29.7 Å². The molecule has 108 valence electrons. The van der Waals surface area contributed by atoms with Crippen LogP contribution in [0.5, 0.6) is 0 Å². The normalized spacial score (nSPS) is 18.7. The van der Waals surface area contributed by atoms with Crippen molar-refractivity contribution in [2.24, 2.45) is 12.8 Å². The molecule has 2 rings (SSSR count). The number of carbonyl (C=O) groups excluding carboxylic acids is 1. The maximum atomic E-state index is 11.7. The van der Waals surface area contributed by atoms with Crippen LogP contribution in [0.1, 0.15) is 31.6 Å². The van der Waals surface area contributed by atoms with E-state index in [1.807, 2.05) is 0 Å². The quantitative estimate of drug-likeness (QED) is 0.802. The van der Waals surface area contributed by atoms with Gasteiger partial charge in [-0.25, -0.2) is 0 Å². The van der Waals surface area contributed by atoms with E-state index in [2.05, 4.69) is 5.32 Å². The van der Waals surface area contributed by atoms with Crippen LogP contribution in [-0.2, 0) is 18.3 Å². The molecule has 1 aromatic rings. The van der Waals surface area contributed by atoms with Gasteiger partial charge in [0, 0.05) is 35.8 Å². The molecule has 6 heteroatoms. The lowest BCUT2D eigenvalue weighted by Crippen LogP contribution is -2.30. The average Bonchev–Trinajstić information content (AvgIpc) is 2.86. The van der Waals surface area contributed by atoms with E-state index in [9.17, 15) is 9.59 Å². The highest BCUT2D eigenvalue weighted by Gasteiger charge is 2.15. The molecule has 3 N–H and O–H groups in total. The molecule has 0 bridgehead atoms. The largest absolute Gasteiger partial charge is 0.377 e. The van der Waals surface area contributed by atoms with Crippen LogP contribution in [0.3, 0.4) is 0 Å². The Morgan fingerprint density at radius 1 is 1.68 bits per heavy atom. The van der Waals surface area contributed by atoms with Crippen molar-refractivity contribution in [3.63, 3.8) is 0 Å². The summed E-state index contributed by atoms with van der Waals surface area (Å²) in [5, 5.41) is 3.26. The fraction of sp³-hybridized carbons (Fsp3) is 0.538. The van der Waals surface area contributed by atoms with Gasteiger partial charge in [0.05, 0.1) is 6.10 Å². The Bertz CT molecular complexity index is 528. The number of nitrogens with one attached hydrogen (secondary N) is 1. The molecule has 0 radical (unpaired) electrons. The SMILES string of the molecule is Cn1cc(CNC[C@@H]2CCCO2)cc(C(N)=O)c1=O.[HH].[HH]. The summed E-state index contributed by atoms with van der Waals surface area (Å²) in [6.07, 6.45) is 4.16. The Kier molecular flexibility index (Phi) is 4.34. The molecule has 1 amide bonds. The van der Waals surface area contributed by atoms with Crippen molar-refractivity contribution in [1.29, 1.82) is 0 Å². The van der Waals surface area contributed by atoms with Crippen LogP contribution < -0.4 is 16.6 Å². The van der Waals surface area contributed by atoms with Gasteiger partial charge in [-0.2, -0.15) is 0 Å². The molecule has 1 aliphatic rings. The first-order chi connectivity index (χ1) is 9.08. The van der Waals surface area contributed by atoms with E-state index in [-0.39, 0.29) is 20.1 Å². The molecule has 0 saturated carbocycles. The lowest BCUT2D eigenvalue weighted by atomic mass is 10.2. The van der Waals surface area contributed by atoms with Gasteiger partial charge in [-0.3, -0.25) is 9.59 Å². The van der Waals surface area contributed by atoms with Gasteiger partial charge in [-0.1, -0.05) is 0 Å². The summed E-state index contributed by atoms with van der Waals surface area (Å²) in [6.45, 7) is 2.18. The summed E-state index contributed by atoms with van der Waals surface area (Å²) >= 11 is 0. The number of nitrogens with zero attached hydrogens (tertiary/aromatic N) is 1.